The minimum absolute atomic E-state index is 0.285. The fourth-order valence-electron chi connectivity index (χ4n) is 2.02. The number of aromatic nitrogens is 3. The van der Waals surface area contributed by atoms with E-state index in [2.05, 4.69) is 22.3 Å². The van der Waals surface area contributed by atoms with Gasteiger partial charge in [0.25, 0.3) is 0 Å². The van der Waals surface area contributed by atoms with Gasteiger partial charge in [-0.05, 0) is 32.5 Å². The minimum Gasteiger partial charge on any atom is -0.438 e. The van der Waals surface area contributed by atoms with Gasteiger partial charge in [-0.3, -0.25) is 4.98 Å². The van der Waals surface area contributed by atoms with Gasteiger partial charge in [0.15, 0.2) is 0 Å². The Morgan fingerprint density at radius 1 is 1.42 bits per heavy atom. The molecule has 0 saturated carbocycles. The van der Waals surface area contributed by atoms with E-state index in [1.54, 1.807) is 10.9 Å². The van der Waals surface area contributed by atoms with Gasteiger partial charge >= 0.3 is 0 Å². The first-order chi connectivity index (χ1) is 9.13. The minimum atomic E-state index is 0.285. The first-order valence-corrected chi connectivity index (χ1v) is 6.45. The average molecular weight is 260 g/mol. The summed E-state index contributed by atoms with van der Waals surface area (Å²) < 4.78 is 7.46. The molecule has 0 radical (unpaired) electrons. The Kier molecular flexibility index (Phi) is 4.16. The van der Waals surface area contributed by atoms with Crippen molar-refractivity contribution in [3.63, 3.8) is 0 Å². The Balaban J connectivity index is 2.12. The van der Waals surface area contributed by atoms with Crippen molar-refractivity contribution in [3.05, 3.63) is 35.8 Å². The van der Waals surface area contributed by atoms with E-state index < -0.39 is 0 Å². The summed E-state index contributed by atoms with van der Waals surface area (Å²) in [6.07, 6.45) is 2.75. The SMILES string of the molecule is CCC(NC)c1ccc(Oc2cc(C)nn2C)cn1. The molecule has 0 spiro atoms. The summed E-state index contributed by atoms with van der Waals surface area (Å²) >= 11 is 0. The van der Waals surface area contributed by atoms with E-state index in [9.17, 15) is 0 Å². The van der Waals surface area contributed by atoms with E-state index in [1.807, 2.05) is 39.2 Å². The molecule has 1 N–H and O–H groups in total. The molecule has 0 saturated heterocycles. The van der Waals surface area contributed by atoms with Gasteiger partial charge in [-0.2, -0.15) is 5.10 Å². The third-order valence-electron chi connectivity index (χ3n) is 3.05. The Morgan fingerprint density at radius 3 is 2.68 bits per heavy atom. The second-order valence-electron chi connectivity index (χ2n) is 4.52. The fourth-order valence-corrected chi connectivity index (χ4v) is 2.02. The van der Waals surface area contributed by atoms with Crippen molar-refractivity contribution in [2.45, 2.75) is 26.3 Å². The van der Waals surface area contributed by atoms with Gasteiger partial charge in [-0.1, -0.05) is 6.92 Å². The Morgan fingerprint density at radius 2 is 2.21 bits per heavy atom. The first-order valence-electron chi connectivity index (χ1n) is 6.45. The van der Waals surface area contributed by atoms with Gasteiger partial charge in [0.1, 0.15) is 5.75 Å². The molecule has 1 atom stereocenters. The summed E-state index contributed by atoms with van der Waals surface area (Å²) in [4.78, 5) is 4.44. The highest BCUT2D eigenvalue weighted by Gasteiger charge is 2.09. The normalized spacial score (nSPS) is 12.4. The van der Waals surface area contributed by atoms with Crippen LogP contribution in [0.1, 0.15) is 30.8 Å². The van der Waals surface area contributed by atoms with E-state index in [4.69, 9.17) is 4.74 Å². The molecule has 2 aromatic rings. The smallest absolute Gasteiger partial charge is 0.217 e. The van der Waals surface area contributed by atoms with Crippen LogP contribution in [0.25, 0.3) is 0 Å². The lowest BCUT2D eigenvalue weighted by molar-refractivity contribution is 0.427. The maximum atomic E-state index is 5.75. The molecule has 0 aliphatic rings. The van der Waals surface area contributed by atoms with E-state index in [0.717, 1.165) is 23.6 Å². The van der Waals surface area contributed by atoms with Crippen LogP contribution < -0.4 is 10.1 Å². The molecular formula is C14H20N4O. The first kappa shape index (κ1) is 13.5. The van der Waals surface area contributed by atoms with Crippen LogP contribution in [0.15, 0.2) is 24.4 Å². The van der Waals surface area contributed by atoms with E-state index >= 15 is 0 Å². The number of rotatable bonds is 5. The molecule has 0 aromatic carbocycles. The van der Waals surface area contributed by atoms with Crippen LogP contribution in [0.5, 0.6) is 11.6 Å². The molecule has 0 bridgehead atoms. The third kappa shape index (κ3) is 3.12. The fraction of sp³-hybridized carbons (Fsp3) is 0.429. The van der Waals surface area contributed by atoms with Crippen LogP contribution in [-0.2, 0) is 7.05 Å². The molecule has 102 valence electrons. The zero-order valence-corrected chi connectivity index (χ0v) is 11.8. The number of aryl methyl sites for hydroxylation is 2. The van der Waals surface area contributed by atoms with E-state index in [-0.39, 0.29) is 6.04 Å². The van der Waals surface area contributed by atoms with Crippen LogP contribution in [0.3, 0.4) is 0 Å². The third-order valence-corrected chi connectivity index (χ3v) is 3.05. The highest BCUT2D eigenvalue weighted by Crippen LogP contribution is 2.22. The predicted molar refractivity (Wildman–Crippen MR) is 74.3 cm³/mol. The number of ether oxygens (including phenoxy) is 1. The molecule has 0 aliphatic heterocycles. The molecule has 5 nitrogen and oxygen atoms in total. The number of hydrogen-bond donors (Lipinski definition) is 1. The molecule has 1 unspecified atom stereocenters. The molecular weight excluding hydrogens is 240 g/mol. The van der Waals surface area contributed by atoms with Crippen molar-refractivity contribution >= 4 is 0 Å². The number of nitrogens with zero attached hydrogens (tertiary/aromatic N) is 3. The van der Waals surface area contributed by atoms with E-state index in [0.29, 0.717) is 5.88 Å². The highest BCUT2D eigenvalue weighted by atomic mass is 16.5. The number of hydrogen-bond acceptors (Lipinski definition) is 4. The van der Waals surface area contributed by atoms with Gasteiger partial charge in [-0.25, -0.2) is 4.68 Å². The maximum Gasteiger partial charge on any atom is 0.217 e. The zero-order valence-electron chi connectivity index (χ0n) is 11.8. The van der Waals surface area contributed by atoms with Gasteiger partial charge in [0.2, 0.25) is 5.88 Å². The van der Waals surface area contributed by atoms with Crippen molar-refractivity contribution in [1.82, 2.24) is 20.1 Å². The van der Waals surface area contributed by atoms with Crippen molar-refractivity contribution in [3.8, 4) is 11.6 Å². The van der Waals surface area contributed by atoms with Crippen LogP contribution in [0, 0.1) is 6.92 Å². The lowest BCUT2D eigenvalue weighted by Crippen LogP contribution is -2.16. The Bertz CT molecular complexity index is 529. The molecule has 2 heterocycles. The molecule has 0 amide bonds. The van der Waals surface area contributed by atoms with Crippen LogP contribution in [-0.4, -0.2) is 21.8 Å². The summed E-state index contributed by atoms with van der Waals surface area (Å²) in [5.74, 6) is 1.44. The standard InChI is InChI=1S/C14H20N4O/c1-5-12(15-3)13-7-6-11(9-16-13)19-14-8-10(2)17-18(14)4/h6-9,12,15H,5H2,1-4H3. The molecule has 19 heavy (non-hydrogen) atoms. The topological polar surface area (TPSA) is 52.0 Å². The molecule has 0 fully saturated rings. The molecule has 2 aromatic heterocycles. The lowest BCUT2D eigenvalue weighted by atomic mass is 10.1. The second-order valence-corrected chi connectivity index (χ2v) is 4.52. The molecule has 2 rings (SSSR count). The summed E-state index contributed by atoms with van der Waals surface area (Å²) in [5.41, 5.74) is 1.96. The summed E-state index contributed by atoms with van der Waals surface area (Å²) in [6.45, 7) is 4.07. The van der Waals surface area contributed by atoms with Crippen molar-refractivity contribution in [1.29, 1.82) is 0 Å². The zero-order chi connectivity index (χ0) is 13.8. The average Bonchev–Trinajstić information content (AvgIpc) is 2.71. The van der Waals surface area contributed by atoms with Crippen molar-refractivity contribution < 1.29 is 4.74 Å². The number of pyridine rings is 1. The molecule has 0 aliphatic carbocycles. The van der Waals surface area contributed by atoms with Gasteiger partial charge in [0.05, 0.1) is 17.6 Å². The highest BCUT2D eigenvalue weighted by molar-refractivity contribution is 5.27. The summed E-state index contributed by atoms with van der Waals surface area (Å²) in [5, 5.41) is 7.47. The van der Waals surface area contributed by atoms with Crippen LogP contribution >= 0.6 is 0 Å². The summed E-state index contributed by atoms with van der Waals surface area (Å²) in [7, 11) is 3.80. The van der Waals surface area contributed by atoms with Crippen LogP contribution in [0.2, 0.25) is 0 Å². The van der Waals surface area contributed by atoms with Gasteiger partial charge in [-0.15, -0.1) is 0 Å². The largest absolute Gasteiger partial charge is 0.438 e. The Labute approximate surface area is 113 Å². The summed E-state index contributed by atoms with van der Waals surface area (Å²) in [6, 6.07) is 6.11. The monoisotopic (exact) mass is 260 g/mol. The van der Waals surface area contributed by atoms with Crippen molar-refractivity contribution in [2.24, 2.45) is 7.05 Å². The van der Waals surface area contributed by atoms with Crippen LogP contribution in [0.4, 0.5) is 0 Å². The molecule has 5 heteroatoms. The van der Waals surface area contributed by atoms with Crippen molar-refractivity contribution in [2.75, 3.05) is 7.05 Å². The van der Waals surface area contributed by atoms with Gasteiger partial charge in [0, 0.05) is 19.2 Å². The Hall–Kier alpha value is -1.88. The quantitative estimate of drug-likeness (QED) is 0.897. The van der Waals surface area contributed by atoms with Gasteiger partial charge < -0.3 is 10.1 Å². The predicted octanol–water partition coefficient (Wildman–Crippen LogP) is 2.59. The second kappa shape index (κ2) is 5.84. The number of nitrogens with one attached hydrogen (secondary N) is 1. The lowest BCUT2D eigenvalue weighted by Gasteiger charge is -2.13. The maximum absolute atomic E-state index is 5.75. The van der Waals surface area contributed by atoms with E-state index in [1.165, 1.54) is 0 Å².